The molecular weight excluding hydrogens is 395 g/mol. The molecule has 2 aliphatic heterocycles. The van der Waals surface area contributed by atoms with Crippen LogP contribution in [0.4, 0.5) is 18.9 Å². The lowest BCUT2D eigenvalue weighted by molar-refractivity contribution is -0.137. The highest BCUT2D eigenvalue weighted by Crippen LogP contribution is 2.30. The van der Waals surface area contributed by atoms with Gasteiger partial charge in [0.05, 0.1) is 23.1 Å². The minimum Gasteiger partial charge on any atom is -0.325 e. The number of carbonyl (C=O) groups excluding carboxylic acids is 1. The third-order valence-electron chi connectivity index (χ3n) is 5.46. The number of hydrogen-bond donors (Lipinski definition) is 1. The molecule has 0 spiro atoms. The standard InChI is InChI=1S/C18H24F3N3O3S/c1-13(17(25)22-15-4-2-3-14(11-15)18(19,20)21)23-6-8-24(9-7-23)16-5-10-28(26,27)12-16/h2-4,11,13,16H,5-10,12H2,1H3,(H,22,25)/t13-,16-/m1/s1. The Hall–Kier alpha value is -1.65. The lowest BCUT2D eigenvalue weighted by atomic mass is 10.1. The average Bonchev–Trinajstić information content (AvgIpc) is 3.00. The highest BCUT2D eigenvalue weighted by Gasteiger charge is 2.35. The molecule has 2 atom stereocenters. The molecule has 1 aromatic carbocycles. The first kappa shape index (κ1) is 21.1. The van der Waals surface area contributed by atoms with Crippen LogP contribution < -0.4 is 5.32 Å². The summed E-state index contributed by atoms with van der Waals surface area (Å²) in [6.07, 6.45) is -3.82. The van der Waals surface area contributed by atoms with Crippen LogP contribution in [0, 0.1) is 0 Å². The van der Waals surface area contributed by atoms with Crippen LogP contribution in [-0.2, 0) is 20.8 Å². The minimum atomic E-state index is -4.46. The Morgan fingerprint density at radius 1 is 1.21 bits per heavy atom. The van der Waals surface area contributed by atoms with Crippen molar-refractivity contribution in [1.29, 1.82) is 0 Å². The number of rotatable bonds is 4. The number of piperazine rings is 1. The van der Waals surface area contributed by atoms with Crippen molar-refractivity contribution >= 4 is 21.4 Å². The summed E-state index contributed by atoms with van der Waals surface area (Å²) in [6, 6.07) is 4.12. The van der Waals surface area contributed by atoms with Crippen LogP contribution in [0.15, 0.2) is 24.3 Å². The van der Waals surface area contributed by atoms with Gasteiger partial charge < -0.3 is 5.32 Å². The fraction of sp³-hybridized carbons (Fsp3) is 0.611. The fourth-order valence-corrected chi connectivity index (χ4v) is 5.50. The van der Waals surface area contributed by atoms with Crippen molar-refractivity contribution < 1.29 is 26.4 Å². The topological polar surface area (TPSA) is 69.7 Å². The second-order valence-corrected chi connectivity index (χ2v) is 9.60. The monoisotopic (exact) mass is 419 g/mol. The molecule has 0 unspecified atom stereocenters. The summed E-state index contributed by atoms with van der Waals surface area (Å²) in [6.45, 7) is 4.27. The largest absolute Gasteiger partial charge is 0.416 e. The van der Waals surface area contributed by atoms with Gasteiger partial charge in [-0.25, -0.2) is 8.42 Å². The zero-order valence-electron chi connectivity index (χ0n) is 15.6. The van der Waals surface area contributed by atoms with E-state index in [4.69, 9.17) is 0 Å². The van der Waals surface area contributed by atoms with Crippen molar-refractivity contribution in [3.8, 4) is 0 Å². The van der Waals surface area contributed by atoms with Crippen molar-refractivity contribution in [3.05, 3.63) is 29.8 Å². The lowest BCUT2D eigenvalue weighted by Gasteiger charge is -2.39. The van der Waals surface area contributed by atoms with E-state index < -0.39 is 27.6 Å². The van der Waals surface area contributed by atoms with Gasteiger partial charge in [-0.15, -0.1) is 0 Å². The molecule has 1 N–H and O–H groups in total. The van der Waals surface area contributed by atoms with Crippen molar-refractivity contribution in [2.24, 2.45) is 0 Å². The number of carbonyl (C=O) groups is 1. The molecule has 1 aromatic rings. The van der Waals surface area contributed by atoms with Crippen LogP contribution in [0.2, 0.25) is 0 Å². The SMILES string of the molecule is C[C@H](C(=O)Nc1cccc(C(F)(F)F)c1)N1CCN([C@@H]2CCS(=O)(=O)C2)CC1. The molecule has 2 saturated heterocycles. The first-order valence-electron chi connectivity index (χ1n) is 9.22. The van der Waals surface area contributed by atoms with E-state index in [0.717, 1.165) is 12.1 Å². The van der Waals surface area contributed by atoms with Gasteiger partial charge in [0, 0.05) is 37.9 Å². The van der Waals surface area contributed by atoms with Gasteiger partial charge in [0.25, 0.3) is 0 Å². The predicted molar refractivity (Wildman–Crippen MR) is 99.7 cm³/mol. The first-order chi connectivity index (χ1) is 13.0. The highest BCUT2D eigenvalue weighted by molar-refractivity contribution is 7.91. The molecule has 2 aliphatic rings. The number of nitrogens with one attached hydrogen (secondary N) is 1. The van der Waals surface area contributed by atoms with Gasteiger partial charge >= 0.3 is 6.18 Å². The van der Waals surface area contributed by atoms with Crippen molar-refractivity contribution in [1.82, 2.24) is 9.80 Å². The van der Waals surface area contributed by atoms with E-state index in [9.17, 15) is 26.4 Å². The molecule has 28 heavy (non-hydrogen) atoms. The van der Waals surface area contributed by atoms with Crippen molar-refractivity contribution in [2.45, 2.75) is 31.6 Å². The number of nitrogens with zero attached hydrogens (tertiary/aromatic N) is 2. The molecule has 2 fully saturated rings. The maximum Gasteiger partial charge on any atom is 0.416 e. The Morgan fingerprint density at radius 2 is 1.89 bits per heavy atom. The van der Waals surface area contributed by atoms with Gasteiger partial charge in [-0.1, -0.05) is 6.07 Å². The lowest BCUT2D eigenvalue weighted by Crippen LogP contribution is -2.55. The highest BCUT2D eigenvalue weighted by atomic mass is 32.2. The zero-order chi connectivity index (χ0) is 20.5. The van der Waals surface area contributed by atoms with E-state index >= 15 is 0 Å². The van der Waals surface area contributed by atoms with Gasteiger partial charge in [-0.2, -0.15) is 13.2 Å². The smallest absolute Gasteiger partial charge is 0.325 e. The van der Waals surface area contributed by atoms with Gasteiger partial charge in [0.15, 0.2) is 9.84 Å². The van der Waals surface area contributed by atoms with Crippen LogP contribution in [-0.4, -0.2) is 73.9 Å². The number of halogens is 3. The Morgan fingerprint density at radius 3 is 2.46 bits per heavy atom. The molecule has 0 bridgehead atoms. The first-order valence-corrected chi connectivity index (χ1v) is 11.0. The Balaban J connectivity index is 1.54. The Bertz CT molecular complexity index is 821. The summed E-state index contributed by atoms with van der Waals surface area (Å²) in [4.78, 5) is 16.6. The molecule has 0 aromatic heterocycles. The zero-order valence-corrected chi connectivity index (χ0v) is 16.4. The molecule has 6 nitrogen and oxygen atoms in total. The summed E-state index contributed by atoms with van der Waals surface area (Å²) in [7, 11) is -2.94. The van der Waals surface area contributed by atoms with E-state index in [1.807, 2.05) is 4.90 Å². The third kappa shape index (κ3) is 5.03. The normalized spacial score (nSPS) is 24.8. The maximum atomic E-state index is 12.8. The van der Waals surface area contributed by atoms with E-state index in [0.29, 0.717) is 32.6 Å². The van der Waals surface area contributed by atoms with Gasteiger partial charge in [-0.3, -0.25) is 14.6 Å². The average molecular weight is 419 g/mol. The molecule has 0 radical (unpaired) electrons. The molecule has 0 saturated carbocycles. The molecule has 3 rings (SSSR count). The van der Waals surface area contributed by atoms with Crippen LogP contribution in [0.1, 0.15) is 18.9 Å². The molecular formula is C18H24F3N3O3S. The summed E-state index contributed by atoms with van der Waals surface area (Å²) < 4.78 is 61.7. The van der Waals surface area contributed by atoms with Crippen LogP contribution in [0.3, 0.4) is 0 Å². The third-order valence-corrected chi connectivity index (χ3v) is 7.21. The molecule has 1 amide bonds. The Labute approximate surface area is 162 Å². The fourth-order valence-electron chi connectivity index (χ4n) is 3.74. The molecule has 156 valence electrons. The van der Waals surface area contributed by atoms with E-state index in [1.54, 1.807) is 6.92 Å². The summed E-state index contributed by atoms with van der Waals surface area (Å²) in [5.41, 5.74) is -0.695. The minimum absolute atomic E-state index is 0.0430. The quantitative estimate of drug-likeness (QED) is 0.807. The van der Waals surface area contributed by atoms with Gasteiger partial charge in [0.1, 0.15) is 0 Å². The van der Waals surface area contributed by atoms with Crippen LogP contribution >= 0.6 is 0 Å². The maximum absolute atomic E-state index is 12.8. The number of alkyl halides is 3. The number of benzene rings is 1. The van der Waals surface area contributed by atoms with Crippen molar-refractivity contribution in [2.75, 3.05) is 43.0 Å². The number of sulfone groups is 1. The van der Waals surface area contributed by atoms with Crippen LogP contribution in [0.25, 0.3) is 0 Å². The number of hydrogen-bond acceptors (Lipinski definition) is 5. The second-order valence-electron chi connectivity index (χ2n) is 7.37. The predicted octanol–water partition coefficient (Wildman–Crippen LogP) is 1.84. The van der Waals surface area contributed by atoms with Gasteiger partial charge in [0.2, 0.25) is 5.91 Å². The Kier molecular flexibility index (Phi) is 6.02. The van der Waals surface area contributed by atoms with Gasteiger partial charge in [-0.05, 0) is 31.5 Å². The second kappa shape index (κ2) is 8.00. The number of anilines is 1. The van der Waals surface area contributed by atoms with E-state index in [2.05, 4.69) is 10.2 Å². The molecule has 10 heteroatoms. The summed E-state index contributed by atoms with van der Waals surface area (Å²) >= 11 is 0. The summed E-state index contributed by atoms with van der Waals surface area (Å²) in [5.74, 6) is 0.0583. The van der Waals surface area contributed by atoms with Crippen LogP contribution in [0.5, 0.6) is 0 Å². The van der Waals surface area contributed by atoms with E-state index in [-0.39, 0.29) is 29.1 Å². The number of amides is 1. The molecule has 2 heterocycles. The van der Waals surface area contributed by atoms with E-state index in [1.165, 1.54) is 12.1 Å². The van der Waals surface area contributed by atoms with Crippen molar-refractivity contribution in [3.63, 3.8) is 0 Å². The summed E-state index contributed by atoms with van der Waals surface area (Å²) in [5, 5.41) is 2.56. The molecule has 0 aliphatic carbocycles.